The van der Waals surface area contributed by atoms with E-state index in [4.69, 9.17) is 9.47 Å². The molecule has 0 aliphatic carbocycles. The van der Waals surface area contributed by atoms with Crippen LogP contribution in [-0.4, -0.2) is 67.6 Å². The van der Waals surface area contributed by atoms with Crippen LogP contribution in [0.2, 0.25) is 0 Å². The van der Waals surface area contributed by atoms with Crippen molar-refractivity contribution in [1.82, 2.24) is 15.1 Å². The number of rotatable bonds is 7. The van der Waals surface area contributed by atoms with Gasteiger partial charge < -0.3 is 19.7 Å². The lowest BCUT2D eigenvalue weighted by Gasteiger charge is -2.45. The van der Waals surface area contributed by atoms with Crippen LogP contribution in [0, 0.1) is 5.92 Å². The van der Waals surface area contributed by atoms with Crippen LogP contribution >= 0.6 is 0 Å². The van der Waals surface area contributed by atoms with Gasteiger partial charge in [-0.25, -0.2) is 0 Å². The van der Waals surface area contributed by atoms with Gasteiger partial charge in [-0.2, -0.15) is 0 Å². The van der Waals surface area contributed by atoms with E-state index < -0.39 is 6.04 Å². The molecule has 0 aromatic heterocycles. The average molecular weight is 389 g/mol. The third kappa shape index (κ3) is 4.47. The Morgan fingerprint density at radius 1 is 1.21 bits per heavy atom. The molecule has 2 aliphatic heterocycles. The minimum atomic E-state index is -0.402. The summed E-state index contributed by atoms with van der Waals surface area (Å²) in [7, 11) is 3.31. The van der Waals surface area contributed by atoms with Gasteiger partial charge in [-0.1, -0.05) is 19.9 Å². The van der Waals surface area contributed by atoms with Gasteiger partial charge in [-0.15, -0.1) is 0 Å². The minimum Gasteiger partial charge on any atom is -0.496 e. The first kappa shape index (κ1) is 20.6. The molecular formula is C21H31N3O4. The van der Waals surface area contributed by atoms with Crippen molar-refractivity contribution in [3.8, 4) is 5.75 Å². The molecule has 0 unspecified atom stereocenters. The second-order valence-electron chi connectivity index (χ2n) is 8.05. The molecule has 7 heteroatoms. The molecular weight excluding hydrogens is 358 g/mol. The van der Waals surface area contributed by atoms with Crippen molar-refractivity contribution < 1.29 is 19.1 Å². The second kappa shape index (κ2) is 8.92. The summed E-state index contributed by atoms with van der Waals surface area (Å²) >= 11 is 0. The Hall–Kier alpha value is -2.12. The van der Waals surface area contributed by atoms with E-state index in [1.165, 1.54) is 0 Å². The van der Waals surface area contributed by atoms with Crippen LogP contribution in [0.3, 0.4) is 0 Å². The third-order valence-corrected chi connectivity index (χ3v) is 5.42. The monoisotopic (exact) mass is 389 g/mol. The maximum atomic E-state index is 12.8. The molecule has 2 saturated heterocycles. The van der Waals surface area contributed by atoms with Gasteiger partial charge in [0, 0.05) is 38.9 Å². The Bertz CT molecular complexity index is 722. The number of methoxy groups -OCH3 is 2. The molecule has 2 heterocycles. The average Bonchev–Trinajstić information content (AvgIpc) is 2.66. The number of nitrogens with one attached hydrogen (secondary N) is 1. The number of carbonyl (C=O) groups excluding carboxylic acids is 2. The molecule has 1 N–H and O–H groups in total. The first-order valence-corrected chi connectivity index (χ1v) is 9.90. The molecule has 0 spiro atoms. The van der Waals surface area contributed by atoms with Crippen LogP contribution in [0.5, 0.6) is 5.75 Å². The molecule has 1 aromatic rings. The van der Waals surface area contributed by atoms with Crippen molar-refractivity contribution in [1.29, 1.82) is 0 Å². The van der Waals surface area contributed by atoms with Gasteiger partial charge in [0.05, 0.1) is 13.7 Å². The Morgan fingerprint density at radius 3 is 2.68 bits per heavy atom. The van der Waals surface area contributed by atoms with E-state index in [1.807, 2.05) is 12.1 Å². The Morgan fingerprint density at radius 2 is 2.00 bits per heavy atom. The summed E-state index contributed by atoms with van der Waals surface area (Å²) in [6.07, 6.45) is 0.686. The molecule has 2 aliphatic rings. The van der Waals surface area contributed by atoms with Crippen LogP contribution < -0.4 is 10.1 Å². The summed E-state index contributed by atoms with van der Waals surface area (Å²) in [5.41, 5.74) is 2.14. The number of fused-ring (bicyclic) bond motifs is 1. The highest BCUT2D eigenvalue weighted by molar-refractivity contribution is 5.97. The number of hydrogen-bond donors (Lipinski definition) is 1. The standard InChI is InChI=1S/C21H31N3O4/c1-14(2)9-17-21(26)24-8-7-23(12-18(24)20(25)22-17)11-15-5-6-19(28-4)16(10-15)13-27-3/h5-6,10,14,17-18H,7-9,11-13H2,1-4H3,(H,22,25)/t17-,18+/m0/s1. The van der Waals surface area contributed by atoms with Gasteiger partial charge in [-0.3, -0.25) is 14.5 Å². The Balaban J connectivity index is 1.66. The van der Waals surface area contributed by atoms with Gasteiger partial charge in [0.2, 0.25) is 11.8 Å². The highest BCUT2D eigenvalue weighted by atomic mass is 16.5. The lowest BCUT2D eigenvalue weighted by molar-refractivity contribution is -0.153. The topological polar surface area (TPSA) is 71.1 Å². The SMILES string of the molecule is COCc1cc(CN2CCN3C(=O)[C@H](CC(C)C)NC(=O)[C@H]3C2)ccc1OC. The second-order valence-corrected chi connectivity index (χ2v) is 8.05. The number of amides is 2. The van der Waals surface area contributed by atoms with Crippen molar-refractivity contribution in [3.05, 3.63) is 29.3 Å². The first-order chi connectivity index (χ1) is 13.4. The fourth-order valence-electron chi connectivity index (χ4n) is 4.09. The van der Waals surface area contributed by atoms with E-state index in [0.717, 1.165) is 30.0 Å². The van der Waals surface area contributed by atoms with Crippen molar-refractivity contribution in [2.45, 2.75) is 45.5 Å². The first-order valence-electron chi connectivity index (χ1n) is 9.90. The lowest BCUT2D eigenvalue weighted by Crippen LogP contribution is -2.69. The van der Waals surface area contributed by atoms with E-state index in [9.17, 15) is 9.59 Å². The number of nitrogens with zero attached hydrogens (tertiary/aromatic N) is 2. The third-order valence-electron chi connectivity index (χ3n) is 5.42. The molecule has 0 radical (unpaired) electrons. The van der Waals surface area contributed by atoms with Gasteiger partial charge >= 0.3 is 0 Å². The zero-order valence-corrected chi connectivity index (χ0v) is 17.2. The molecule has 0 bridgehead atoms. The number of ether oxygens (including phenoxy) is 2. The fourth-order valence-corrected chi connectivity index (χ4v) is 4.09. The molecule has 28 heavy (non-hydrogen) atoms. The molecule has 154 valence electrons. The molecule has 2 amide bonds. The van der Waals surface area contributed by atoms with Crippen molar-refractivity contribution in [2.24, 2.45) is 5.92 Å². The summed E-state index contributed by atoms with van der Waals surface area (Å²) in [4.78, 5) is 29.4. The quantitative estimate of drug-likeness (QED) is 0.763. The largest absolute Gasteiger partial charge is 0.496 e. The number of benzene rings is 1. The maximum Gasteiger partial charge on any atom is 0.245 e. The number of carbonyl (C=O) groups is 2. The number of hydrogen-bond acceptors (Lipinski definition) is 5. The number of piperazine rings is 2. The van der Waals surface area contributed by atoms with E-state index in [2.05, 4.69) is 30.1 Å². The van der Waals surface area contributed by atoms with Crippen molar-refractivity contribution in [3.63, 3.8) is 0 Å². The zero-order chi connectivity index (χ0) is 20.3. The molecule has 1 aromatic carbocycles. The predicted octanol–water partition coefficient (Wildman–Crippen LogP) is 1.40. The van der Waals surface area contributed by atoms with E-state index in [-0.39, 0.29) is 17.9 Å². The molecule has 2 atom stereocenters. The Labute approximate surface area is 167 Å². The van der Waals surface area contributed by atoms with E-state index in [1.54, 1.807) is 19.1 Å². The molecule has 2 fully saturated rings. The maximum absolute atomic E-state index is 12.8. The van der Waals surface area contributed by atoms with Gasteiger partial charge in [0.25, 0.3) is 0 Å². The minimum absolute atomic E-state index is 0.0373. The van der Waals surface area contributed by atoms with Crippen molar-refractivity contribution >= 4 is 11.8 Å². The van der Waals surface area contributed by atoms with Crippen LogP contribution in [0.25, 0.3) is 0 Å². The van der Waals surface area contributed by atoms with Gasteiger partial charge in [-0.05, 0) is 30.0 Å². The summed E-state index contributed by atoms with van der Waals surface area (Å²) in [5.74, 6) is 1.20. The Kier molecular flexibility index (Phi) is 6.57. The van der Waals surface area contributed by atoms with Crippen LogP contribution in [0.4, 0.5) is 0 Å². The molecule has 0 saturated carbocycles. The van der Waals surface area contributed by atoms with Gasteiger partial charge in [0.1, 0.15) is 17.8 Å². The fraction of sp³-hybridized carbons (Fsp3) is 0.619. The van der Waals surface area contributed by atoms with Crippen molar-refractivity contribution in [2.75, 3.05) is 33.9 Å². The summed E-state index contributed by atoms with van der Waals surface area (Å²) in [6.45, 7) is 7.25. The summed E-state index contributed by atoms with van der Waals surface area (Å²) < 4.78 is 10.6. The van der Waals surface area contributed by atoms with Crippen LogP contribution in [-0.2, 0) is 27.5 Å². The predicted molar refractivity (Wildman–Crippen MR) is 106 cm³/mol. The molecule has 7 nitrogen and oxygen atoms in total. The van der Waals surface area contributed by atoms with Gasteiger partial charge in [0.15, 0.2) is 0 Å². The van der Waals surface area contributed by atoms with E-state index >= 15 is 0 Å². The zero-order valence-electron chi connectivity index (χ0n) is 17.2. The van der Waals surface area contributed by atoms with E-state index in [0.29, 0.717) is 32.0 Å². The smallest absolute Gasteiger partial charge is 0.245 e. The van der Waals surface area contributed by atoms with Crippen LogP contribution in [0.15, 0.2) is 18.2 Å². The summed E-state index contributed by atoms with van der Waals surface area (Å²) in [6, 6.07) is 5.29. The van der Waals surface area contributed by atoms with Crippen LogP contribution in [0.1, 0.15) is 31.4 Å². The normalized spacial score (nSPS) is 23.0. The highest BCUT2D eigenvalue weighted by Crippen LogP contribution is 2.24. The highest BCUT2D eigenvalue weighted by Gasteiger charge is 2.43. The summed E-state index contributed by atoms with van der Waals surface area (Å²) in [5, 5.41) is 2.93. The molecule has 3 rings (SSSR count). The lowest BCUT2D eigenvalue weighted by atomic mass is 9.97.